The van der Waals surface area contributed by atoms with Crippen molar-refractivity contribution in [2.75, 3.05) is 19.5 Å². The van der Waals surface area contributed by atoms with Gasteiger partial charge in [-0.05, 0) is 49.1 Å². The molecule has 1 fully saturated rings. The summed E-state index contributed by atoms with van der Waals surface area (Å²) in [7, 11) is -3.44. The van der Waals surface area contributed by atoms with Crippen molar-refractivity contribution in [2.45, 2.75) is 96.1 Å². The molecule has 2 aromatic carbocycles. The zero-order valence-electron chi connectivity index (χ0n) is 31.5. The van der Waals surface area contributed by atoms with Crippen LogP contribution in [0, 0.1) is 0 Å². The van der Waals surface area contributed by atoms with Gasteiger partial charge in [0.1, 0.15) is 18.5 Å². The van der Waals surface area contributed by atoms with Crippen molar-refractivity contribution in [3.05, 3.63) is 93.4 Å². The normalized spacial score (nSPS) is 20.5. The van der Waals surface area contributed by atoms with E-state index in [1.165, 1.54) is 38.4 Å². The molecule has 1 saturated heterocycles. The molecule has 0 radical (unpaired) electrons. The predicted octanol–water partition coefficient (Wildman–Crippen LogP) is 5.50. The number of nitrogens with one attached hydrogen (secondary N) is 1. The van der Waals surface area contributed by atoms with Gasteiger partial charge >= 0.3 is 31.3 Å². The fourth-order valence-electron chi connectivity index (χ4n) is 5.45. The van der Waals surface area contributed by atoms with Crippen LogP contribution in [-0.2, 0) is 49.0 Å². The second kappa shape index (κ2) is 20.5. The lowest BCUT2D eigenvalue weighted by atomic mass is 10.0. The molecule has 4 rings (SSSR count). The Balaban J connectivity index is 1.77. The number of rotatable bonds is 21. The number of azide groups is 1. The van der Waals surface area contributed by atoms with Crippen molar-refractivity contribution < 1.29 is 51.7 Å². The van der Waals surface area contributed by atoms with E-state index in [2.05, 4.69) is 20.1 Å². The first-order chi connectivity index (χ1) is 26.9. The number of benzene rings is 2. The van der Waals surface area contributed by atoms with Crippen molar-refractivity contribution in [1.82, 2.24) is 14.6 Å². The Morgan fingerprint density at radius 1 is 1.04 bits per heavy atom. The number of unbranched alkanes of at least 4 members (excludes halogenated alkanes) is 2. The van der Waals surface area contributed by atoms with Gasteiger partial charge in [-0.1, -0.05) is 74.3 Å². The summed E-state index contributed by atoms with van der Waals surface area (Å²) < 4.78 is 56.1. The van der Waals surface area contributed by atoms with Crippen LogP contribution < -0.4 is 25.8 Å². The number of aromatic nitrogens is 2. The van der Waals surface area contributed by atoms with Crippen LogP contribution in [0.2, 0.25) is 0 Å². The van der Waals surface area contributed by atoms with Crippen molar-refractivity contribution >= 4 is 31.5 Å². The van der Waals surface area contributed by atoms with Crippen LogP contribution in [0.4, 0.5) is 5.82 Å². The van der Waals surface area contributed by atoms with Gasteiger partial charge in [-0.25, -0.2) is 9.36 Å². The van der Waals surface area contributed by atoms with Crippen LogP contribution in [0.15, 0.2) is 76.8 Å². The van der Waals surface area contributed by atoms with Crippen LogP contribution in [0.3, 0.4) is 0 Å². The van der Waals surface area contributed by atoms with Crippen molar-refractivity contribution in [3.8, 4) is 11.5 Å². The summed E-state index contributed by atoms with van der Waals surface area (Å²) in [5.41, 5.74) is 12.9. The van der Waals surface area contributed by atoms with Gasteiger partial charge in [0.25, 0.3) is 0 Å². The van der Waals surface area contributed by atoms with Crippen molar-refractivity contribution in [1.29, 1.82) is 0 Å². The smallest absolute Gasteiger partial charge is 0.459 e. The van der Waals surface area contributed by atoms with Crippen LogP contribution >= 0.6 is 7.75 Å². The Kier molecular flexibility index (Phi) is 15.8. The average Bonchev–Trinajstić information content (AvgIpc) is 3.46. The maximum atomic E-state index is 14.8. The number of nitrogens with two attached hydrogens (primary N) is 1. The number of methoxy groups -OCH3 is 1. The number of ether oxygens (including phenoxy) is 5. The SMILES string of the molecule is CCCCC(=O)O[C@H]1[C@H](n2ccc(N)nc2=O)O[C@@](COP(=O)(N[C@@H](C)C(=O)OCc2ccccc2)Oc2ccccc2OC)(N=[N+]=[N-])[C@H]1OC(=O)CCCC. The summed E-state index contributed by atoms with van der Waals surface area (Å²) in [5, 5.41) is 6.36. The second-order valence-corrected chi connectivity index (χ2v) is 14.3. The minimum Gasteiger partial charge on any atom is -0.493 e. The maximum absolute atomic E-state index is 14.8. The molecule has 2 heterocycles. The summed E-state index contributed by atoms with van der Waals surface area (Å²) in [6.07, 6.45) is -1.93. The first-order valence-corrected chi connectivity index (χ1v) is 19.4. The lowest BCUT2D eigenvalue weighted by molar-refractivity contribution is -0.173. The van der Waals surface area contributed by atoms with Crippen LogP contribution in [0.1, 0.15) is 71.1 Å². The minimum atomic E-state index is -4.79. The number of nitrogens with zero attached hydrogens (tertiary/aromatic N) is 5. The Morgan fingerprint density at radius 2 is 1.68 bits per heavy atom. The molecule has 1 aliphatic heterocycles. The molecular weight excluding hydrogens is 753 g/mol. The third kappa shape index (κ3) is 11.5. The van der Waals surface area contributed by atoms with Gasteiger partial charge in [0.05, 0.1) is 13.7 Å². The first kappa shape index (κ1) is 43.3. The van der Waals surface area contributed by atoms with E-state index in [9.17, 15) is 29.3 Å². The molecule has 0 amide bonds. The highest BCUT2D eigenvalue weighted by Crippen LogP contribution is 2.51. The third-order valence-corrected chi connectivity index (χ3v) is 9.95. The molecular formula is C36H46N7O12P. The van der Waals surface area contributed by atoms with Crippen LogP contribution in [0.25, 0.3) is 10.4 Å². The van der Waals surface area contributed by atoms with E-state index in [0.29, 0.717) is 31.2 Å². The van der Waals surface area contributed by atoms with E-state index in [4.69, 9.17) is 38.5 Å². The quantitative estimate of drug-likeness (QED) is 0.0337. The molecule has 3 N–H and O–H groups in total. The predicted molar refractivity (Wildman–Crippen MR) is 200 cm³/mol. The van der Waals surface area contributed by atoms with Gasteiger partial charge in [0.2, 0.25) is 5.72 Å². The highest BCUT2D eigenvalue weighted by atomic mass is 31.2. The molecule has 3 aromatic rings. The molecule has 0 bridgehead atoms. The summed E-state index contributed by atoms with van der Waals surface area (Å²) in [4.78, 5) is 59.3. The Bertz CT molecular complexity index is 1960. The van der Waals surface area contributed by atoms with E-state index >= 15 is 0 Å². The number of para-hydroxylation sites is 2. The van der Waals surface area contributed by atoms with Gasteiger partial charge < -0.3 is 33.9 Å². The van der Waals surface area contributed by atoms with E-state index in [-0.39, 0.29) is 36.8 Å². The van der Waals surface area contributed by atoms with Gasteiger partial charge in [-0.3, -0.25) is 23.5 Å². The van der Waals surface area contributed by atoms with E-state index in [1.54, 1.807) is 42.5 Å². The third-order valence-electron chi connectivity index (χ3n) is 8.34. The number of nitrogen functional groups attached to an aromatic ring is 1. The summed E-state index contributed by atoms with van der Waals surface area (Å²) in [5.74, 6) is -2.45. The number of hydrogen-bond donors (Lipinski definition) is 2. The molecule has 0 aliphatic carbocycles. The Labute approximate surface area is 322 Å². The highest BCUT2D eigenvalue weighted by molar-refractivity contribution is 7.52. The van der Waals surface area contributed by atoms with Gasteiger partial charge in [-0.2, -0.15) is 10.1 Å². The number of hydrogen-bond acceptors (Lipinski definition) is 15. The second-order valence-electron chi connectivity index (χ2n) is 12.6. The van der Waals surface area contributed by atoms with E-state index in [1.807, 2.05) is 13.8 Å². The first-order valence-electron chi connectivity index (χ1n) is 17.9. The summed E-state index contributed by atoms with van der Waals surface area (Å²) in [6, 6.07) is 14.9. The molecule has 19 nitrogen and oxygen atoms in total. The molecule has 1 unspecified atom stereocenters. The van der Waals surface area contributed by atoms with E-state index in [0.717, 1.165) is 4.57 Å². The lowest BCUT2D eigenvalue weighted by Gasteiger charge is -2.32. The largest absolute Gasteiger partial charge is 0.493 e. The van der Waals surface area contributed by atoms with Crippen molar-refractivity contribution in [3.63, 3.8) is 0 Å². The van der Waals surface area contributed by atoms with Gasteiger partial charge in [0, 0.05) is 24.0 Å². The van der Waals surface area contributed by atoms with E-state index < -0.39 is 68.2 Å². The zero-order chi connectivity index (χ0) is 40.7. The number of carbonyl (C=O) groups excluding carboxylic acids is 3. The lowest BCUT2D eigenvalue weighted by Crippen LogP contribution is -2.49. The van der Waals surface area contributed by atoms with Gasteiger partial charge in [-0.15, -0.1) is 0 Å². The molecule has 0 saturated carbocycles. The number of anilines is 1. The van der Waals surface area contributed by atoms with Crippen molar-refractivity contribution in [2.24, 2.45) is 5.11 Å². The molecule has 0 spiro atoms. The summed E-state index contributed by atoms with van der Waals surface area (Å²) in [6.45, 7) is 3.95. The maximum Gasteiger partial charge on any atom is 0.459 e. The minimum absolute atomic E-state index is 0.0553. The topological polar surface area (TPSA) is 255 Å². The van der Waals surface area contributed by atoms with Crippen LogP contribution in [-0.4, -0.2) is 65.2 Å². The Hall–Kier alpha value is -5.45. The number of esters is 3. The molecule has 20 heteroatoms. The van der Waals surface area contributed by atoms with Crippen LogP contribution in [0.5, 0.6) is 11.5 Å². The molecule has 56 heavy (non-hydrogen) atoms. The molecule has 1 aromatic heterocycles. The van der Waals surface area contributed by atoms with Gasteiger partial charge in [0.15, 0.2) is 29.9 Å². The molecule has 1 aliphatic rings. The summed E-state index contributed by atoms with van der Waals surface area (Å²) >= 11 is 0. The average molecular weight is 800 g/mol. The molecule has 6 atom stereocenters. The Morgan fingerprint density at radius 3 is 2.30 bits per heavy atom. The highest BCUT2D eigenvalue weighted by Gasteiger charge is 2.61. The number of carbonyl (C=O) groups is 3. The molecule has 302 valence electrons. The fourth-order valence-corrected chi connectivity index (χ4v) is 6.98. The zero-order valence-corrected chi connectivity index (χ0v) is 32.4. The standard InChI is InChI=1S/C36H46N7O12P/c1-5-7-18-29(44)52-31-32(53-30(45)19-8-6-2)36(41-42-38,54-33(31)43-21-20-28(37)39-35(43)47)23-51-56(48,55-27-17-13-12-16-26(27)49-4)40-24(3)34(46)50-22-25-14-10-9-11-15-25/h9-17,20-21,24,31-33H,5-8,18-19,22-23H2,1-4H3,(H,40,48)(H2,37,39,47)/t24-,31+,32-,33+,36+,56?/m0/s1. The fraction of sp³-hybridized carbons (Fsp3) is 0.472. The monoisotopic (exact) mass is 799 g/mol.